The smallest absolute Gasteiger partial charge is 0.352 e. The molecule has 0 fully saturated rings. The maximum Gasteiger partial charge on any atom is 0.352 e. The number of amides is 1. The van der Waals surface area contributed by atoms with E-state index in [1.807, 2.05) is 0 Å². The first kappa shape index (κ1) is 15.9. The Bertz CT molecular complexity index is 657. The van der Waals surface area contributed by atoms with E-state index in [0.717, 1.165) is 12.1 Å². The molecule has 0 aliphatic heterocycles. The molecule has 0 atom stereocenters. The van der Waals surface area contributed by atoms with Gasteiger partial charge in [-0.25, -0.2) is 4.39 Å². The second kappa shape index (κ2) is 6.50. The van der Waals surface area contributed by atoms with Gasteiger partial charge in [-0.2, -0.15) is 13.9 Å². The van der Waals surface area contributed by atoms with Gasteiger partial charge in [0.2, 0.25) is 0 Å². The summed E-state index contributed by atoms with van der Waals surface area (Å²) in [5, 5.41) is 8.96. The van der Waals surface area contributed by atoms with E-state index < -0.39 is 23.2 Å². The van der Waals surface area contributed by atoms with Gasteiger partial charge >= 0.3 is 5.92 Å². The molecular weight excluding hydrogens is 297 g/mol. The molecule has 8 heteroatoms. The maximum absolute atomic E-state index is 13.9. The summed E-state index contributed by atoms with van der Waals surface area (Å²) in [5.41, 5.74) is -0.940. The number of anilines is 1. The number of aromatic nitrogens is 2. The van der Waals surface area contributed by atoms with Gasteiger partial charge in [0.25, 0.3) is 5.91 Å². The first-order chi connectivity index (χ1) is 10.4. The van der Waals surface area contributed by atoms with Crippen LogP contribution in [0.5, 0.6) is 0 Å². The van der Waals surface area contributed by atoms with Crippen molar-refractivity contribution in [3.8, 4) is 0 Å². The summed E-state index contributed by atoms with van der Waals surface area (Å²) in [5.74, 6) is -6.01. The summed E-state index contributed by atoms with van der Waals surface area (Å²) in [4.78, 5) is 11.6. The summed E-state index contributed by atoms with van der Waals surface area (Å²) in [7, 11) is 1.74. The van der Waals surface area contributed by atoms with E-state index in [0.29, 0.717) is 5.82 Å². The van der Waals surface area contributed by atoms with Crippen molar-refractivity contribution in [2.45, 2.75) is 5.92 Å². The fourth-order valence-corrected chi connectivity index (χ4v) is 1.83. The Morgan fingerprint density at radius 1 is 1.27 bits per heavy atom. The number of hydrogen-bond donors (Lipinski definition) is 2. The molecule has 22 heavy (non-hydrogen) atoms. The number of carbonyl (C=O) groups excluding carboxylic acids is 1. The van der Waals surface area contributed by atoms with Gasteiger partial charge in [-0.3, -0.25) is 9.48 Å². The first-order valence-electron chi connectivity index (χ1n) is 6.56. The van der Waals surface area contributed by atoms with Crippen molar-refractivity contribution in [3.63, 3.8) is 0 Å². The lowest BCUT2D eigenvalue weighted by atomic mass is 10.1. The van der Waals surface area contributed by atoms with Crippen LogP contribution in [-0.4, -0.2) is 28.8 Å². The lowest BCUT2D eigenvalue weighted by molar-refractivity contribution is -0.147. The molecule has 1 amide bonds. The highest BCUT2D eigenvalue weighted by molar-refractivity contribution is 5.84. The molecule has 0 aliphatic rings. The highest BCUT2D eigenvalue weighted by Crippen LogP contribution is 2.29. The molecule has 1 aromatic carbocycles. The van der Waals surface area contributed by atoms with Crippen LogP contribution < -0.4 is 10.6 Å². The van der Waals surface area contributed by atoms with E-state index in [1.165, 1.54) is 12.1 Å². The molecule has 1 aromatic heterocycles. The van der Waals surface area contributed by atoms with Gasteiger partial charge in [0, 0.05) is 32.4 Å². The van der Waals surface area contributed by atoms with Gasteiger partial charge in [0.05, 0.1) is 5.56 Å². The lowest BCUT2D eigenvalue weighted by Gasteiger charge is -2.17. The number of halogens is 3. The number of nitrogens with zero attached hydrogens (tertiary/aromatic N) is 2. The average molecular weight is 312 g/mol. The van der Waals surface area contributed by atoms with Crippen LogP contribution in [0.25, 0.3) is 0 Å². The van der Waals surface area contributed by atoms with Crippen molar-refractivity contribution in [2.75, 3.05) is 18.4 Å². The van der Waals surface area contributed by atoms with Gasteiger partial charge in [0.15, 0.2) is 0 Å². The molecule has 118 valence electrons. The molecule has 0 bridgehead atoms. The predicted molar refractivity (Wildman–Crippen MR) is 75.0 cm³/mol. The zero-order valence-corrected chi connectivity index (χ0v) is 11.8. The Labute approximate surface area is 125 Å². The molecule has 0 saturated heterocycles. The second-order valence-corrected chi connectivity index (χ2v) is 4.61. The Hall–Kier alpha value is -2.51. The number of aryl methyl sites for hydroxylation is 1. The van der Waals surface area contributed by atoms with Crippen LogP contribution in [0.15, 0.2) is 36.5 Å². The Morgan fingerprint density at radius 3 is 2.64 bits per heavy atom. The predicted octanol–water partition coefficient (Wildman–Crippen LogP) is 1.88. The van der Waals surface area contributed by atoms with E-state index in [2.05, 4.69) is 15.7 Å². The van der Waals surface area contributed by atoms with Gasteiger partial charge in [-0.05, 0) is 12.1 Å². The molecule has 0 radical (unpaired) electrons. The van der Waals surface area contributed by atoms with Crippen molar-refractivity contribution in [2.24, 2.45) is 7.05 Å². The van der Waals surface area contributed by atoms with Crippen LogP contribution in [-0.2, 0) is 17.8 Å². The highest BCUT2D eigenvalue weighted by atomic mass is 19.3. The van der Waals surface area contributed by atoms with Gasteiger partial charge in [-0.1, -0.05) is 12.1 Å². The van der Waals surface area contributed by atoms with Crippen LogP contribution in [0.4, 0.5) is 19.0 Å². The minimum Gasteiger partial charge on any atom is -0.367 e. The number of rotatable bonds is 6. The molecule has 0 saturated carbocycles. The summed E-state index contributed by atoms with van der Waals surface area (Å²) in [6, 6.07) is 6.02. The zero-order chi connectivity index (χ0) is 16.2. The first-order valence-corrected chi connectivity index (χ1v) is 6.56. The maximum atomic E-state index is 13.9. The van der Waals surface area contributed by atoms with E-state index >= 15 is 0 Å². The third-order valence-electron chi connectivity index (χ3n) is 2.93. The molecule has 5 nitrogen and oxygen atoms in total. The largest absolute Gasteiger partial charge is 0.367 e. The van der Waals surface area contributed by atoms with Crippen molar-refractivity contribution in [1.29, 1.82) is 0 Å². The zero-order valence-electron chi connectivity index (χ0n) is 11.8. The van der Waals surface area contributed by atoms with Crippen molar-refractivity contribution >= 4 is 11.7 Å². The number of alkyl halides is 2. The van der Waals surface area contributed by atoms with Crippen LogP contribution in [0.3, 0.4) is 0 Å². The lowest BCUT2D eigenvalue weighted by Crippen LogP contribution is -2.40. The second-order valence-electron chi connectivity index (χ2n) is 4.61. The normalized spacial score (nSPS) is 11.3. The van der Waals surface area contributed by atoms with Crippen LogP contribution in [0.2, 0.25) is 0 Å². The third kappa shape index (κ3) is 3.57. The number of benzene rings is 1. The fraction of sp³-hybridized carbons (Fsp3) is 0.286. The molecule has 2 aromatic rings. The van der Waals surface area contributed by atoms with E-state index in [9.17, 15) is 18.0 Å². The van der Waals surface area contributed by atoms with Crippen LogP contribution >= 0.6 is 0 Å². The van der Waals surface area contributed by atoms with E-state index in [1.54, 1.807) is 24.0 Å². The Morgan fingerprint density at radius 2 is 2.00 bits per heavy atom. The monoisotopic (exact) mass is 312 g/mol. The summed E-state index contributed by atoms with van der Waals surface area (Å²) in [6.45, 7) is 0.176. The molecule has 1 heterocycles. The Balaban J connectivity index is 1.87. The molecule has 0 unspecified atom stereocenters. The third-order valence-corrected chi connectivity index (χ3v) is 2.93. The van der Waals surface area contributed by atoms with Crippen LogP contribution in [0, 0.1) is 5.82 Å². The quantitative estimate of drug-likeness (QED) is 0.801. The van der Waals surface area contributed by atoms with Crippen molar-refractivity contribution < 1.29 is 18.0 Å². The summed E-state index contributed by atoms with van der Waals surface area (Å²) >= 11 is 0. The van der Waals surface area contributed by atoms with Crippen LogP contribution in [0.1, 0.15) is 5.56 Å². The molecule has 0 aliphatic carbocycles. The van der Waals surface area contributed by atoms with Gasteiger partial charge < -0.3 is 10.6 Å². The summed E-state index contributed by atoms with van der Waals surface area (Å²) < 4.78 is 42.7. The average Bonchev–Trinajstić information content (AvgIpc) is 2.89. The minimum atomic E-state index is -3.92. The van der Waals surface area contributed by atoms with E-state index in [-0.39, 0.29) is 13.1 Å². The minimum absolute atomic E-state index is 0.0422. The SMILES string of the molecule is Cn1ccc(NCCNC(=O)C(F)(F)c2ccccc2F)n1. The molecule has 2 rings (SSSR count). The fourth-order valence-electron chi connectivity index (χ4n) is 1.83. The topological polar surface area (TPSA) is 59.0 Å². The number of hydrogen-bond acceptors (Lipinski definition) is 3. The molecule has 0 spiro atoms. The standard InChI is InChI=1S/C14H15F3N4O/c1-21-9-6-12(20-21)18-7-8-19-13(22)14(16,17)10-4-2-3-5-11(10)15/h2-6,9H,7-8H2,1H3,(H,18,20)(H,19,22). The highest BCUT2D eigenvalue weighted by Gasteiger charge is 2.42. The van der Waals surface area contributed by atoms with Crippen molar-refractivity contribution in [3.05, 3.63) is 47.9 Å². The number of carbonyl (C=O) groups is 1. The Kier molecular flexibility index (Phi) is 4.69. The molecule has 2 N–H and O–H groups in total. The molecular formula is C14H15F3N4O. The van der Waals surface area contributed by atoms with E-state index in [4.69, 9.17) is 0 Å². The number of nitrogens with one attached hydrogen (secondary N) is 2. The van der Waals surface area contributed by atoms with Gasteiger partial charge in [0.1, 0.15) is 11.6 Å². The summed E-state index contributed by atoms with van der Waals surface area (Å²) in [6.07, 6.45) is 1.72. The van der Waals surface area contributed by atoms with Crippen molar-refractivity contribution in [1.82, 2.24) is 15.1 Å². The van der Waals surface area contributed by atoms with Gasteiger partial charge in [-0.15, -0.1) is 0 Å².